The smallest absolute Gasteiger partial charge is 0.325 e. The largest absolute Gasteiger partial charge is 0.417 e. The molecule has 158 valence electrons. The van der Waals surface area contributed by atoms with E-state index in [9.17, 15) is 28.0 Å². The van der Waals surface area contributed by atoms with Gasteiger partial charge in [-0.05, 0) is 30.3 Å². The van der Waals surface area contributed by atoms with E-state index in [1.54, 1.807) is 18.2 Å². The summed E-state index contributed by atoms with van der Waals surface area (Å²) in [6.45, 7) is 0. The predicted octanol–water partition coefficient (Wildman–Crippen LogP) is 4.11. The average Bonchev–Trinajstić information content (AvgIpc) is 2.73. The van der Waals surface area contributed by atoms with Gasteiger partial charge in [0.2, 0.25) is 5.91 Å². The molecule has 31 heavy (non-hydrogen) atoms. The number of nitrogens with zero attached hydrogens (tertiary/aromatic N) is 3. The van der Waals surface area contributed by atoms with Gasteiger partial charge < -0.3 is 10.3 Å². The molecule has 0 aliphatic carbocycles. The van der Waals surface area contributed by atoms with E-state index in [1.807, 2.05) is 0 Å². The summed E-state index contributed by atoms with van der Waals surface area (Å²) in [5, 5.41) is 11.2. The summed E-state index contributed by atoms with van der Waals surface area (Å²) >= 11 is 6.40. The number of pyridine rings is 1. The zero-order valence-corrected chi connectivity index (χ0v) is 16.9. The van der Waals surface area contributed by atoms with Crippen LogP contribution in [-0.4, -0.2) is 26.6 Å². The molecular formula is C19H11ClF3N5O2S. The van der Waals surface area contributed by atoms with Crippen LogP contribution in [0.2, 0.25) is 5.02 Å². The molecular weight excluding hydrogens is 455 g/mol. The Kier molecular flexibility index (Phi) is 6.62. The number of hydrogen-bond acceptors (Lipinski definition) is 6. The summed E-state index contributed by atoms with van der Waals surface area (Å²) in [6, 6.07) is 8.02. The molecule has 0 radical (unpaired) electrons. The number of H-pyrrole nitrogens is 1. The van der Waals surface area contributed by atoms with Gasteiger partial charge >= 0.3 is 6.18 Å². The number of carbonyl (C=O) groups excluding carboxylic acids is 1. The molecule has 0 saturated heterocycles. The van der Waals surface area contributed by atoms with Gasteiger partial charge in [-0.3, -0.25) is 14.6 Å². The monoisotopic (exact) mass is 465 g/mol. The quantitative estimate of drug-likeness (QED) is 0.433. The van der Waals surface area contributed by atoms with Gasteiger partial charge in [0, 0.05) is 23.6 Å². The highest BCUT2D eigenvalue weighted by atomic mass is 35.5. The summed E-state index contributed by atoms with van der Waals surface area (Å²) < 4.78 is 38.8. The van der Waals surface area contributed by atoms with Gasteiger partial charge in [-0.1, -0.05) is 23.4 Å². The zero-order valence-electron chi connectivity index (χ0n) is 15.3. The minimum Gasteiger partial charge on any atom is -0.325 e. The Labute approximate surface area is 182 Å². The number of hydrogen-bond donors (Lipinski definition) is 2. The Bertz CT molecular complexity index is 1230. The maximum atomic E-state index is 12.9. The number of nitrogens with one attached hydrogen (secondary N) is 2. The van der Waals surface area contributed by atoms with Gasteiger partial charge in [-0.2, -0.15) is 18.4 Å². The first-order valence-corrected chi connectivity index (χ1v) is 9.79. The molecule has 0 spiro atoms. The highest BCUT2D eigenvalue weighted by Gasteiger charge is 2.33. The Hall–Kier alpha value is -3.36. The summed E-state index contributed by atoms with van der Waals surface area (Å²) in [6.07, 6.45) is -1.71. The fourth-order valence-corrected chi connectivity index (χ4v) is 3.37. The normalized spacial score (nSPS) is 11.1. The van der Waals surface area contributed by atoms with E-state index >= 15 is 0 Å². The first kappa shape index (κ1) is 22.3. The van der Waals surface area contributed by atoms with Gasteiger partial charge in [0.25, 0.3) is 5.56 Å². The number of anilines is 1. The number of nitriles is 1. The Morgan fingerprint density at radius 2 is 2.10 bits per heavy atom. The molecule has 2 N–H and O–H groups in total. The van der Waals surface area contributed by atoms with Gasteiger partial charge in [0.1, 0.15) is 11.6 Å². The second kappa shape index (κ2) is 9.20. The van der Waals surface area contributed by atoms with E-state index in [1.165, 1.54) is 18.5 Å². The molecule has 2 aromatic heterocycles. The molecule has 3 rings (SSSR count). The lowest BCUT2D eigenvalue weighted by Gasteiger charge is -2.11. The molecule has 7 nitrogen and oxygen atoms in total. The van der Waals surface area contributed by atoms with Crippen molar-refractivity contribution in [3.05, 3.63) is 69.2 Å². The fraction of sp³-hybridized carbons (Fsp3) is 0.105. The first-order valence-electron chi connectivity index (χ1n) is 8.43. The Morgan fingerprint density at radius 1 is 1.32 bits per heavy atom. The van der Waals surface area contributed by atoms with E-state index in [0.29, 0.717) is 5.56 Å². The molecule has 0 atom stereocenters. The van der Waals surface area contributed by atoms with Crippen LogP contribution < -0.4 is 10.9 Å². The van der Waals surface area contributed by atoms with Gasteiger partial charge in [0.05, 0.1) is 22.0 Å². The summed E-state index contributed by atoms with van der Waals surface area (Å²) in [5.41, 5.74) is -1.50. The summed E-state index contributed by atoms with van der Waals surface area (Å²) in [5.74, 6) is -0.888. The summed E-state index contributed by atoms with van der Waals surface area (Å²) in [4.78, 5) is 34.9. The van der Waals surface area contributed by atoms with Crippen molar-refractivity contribution in [2.24, 2.45) is 0 Å². The number of benzene rings is 1. The van der Waals surface area contributed by atoms with Gasteiger partial charge in [-0.25, -0.2) is 4.98 Å². The second-order valence-electron chi connectivity index (χ2n) is 5.98. The minimum atomic E-state index is -4.67. The number of amides is 1. The highest BCUT2D eigenvalue weighted by molar-refractivity contribution is 7.99. The van der Waals surface area contributed by atoms with Crippen LogP contribution in [0.4, 0.5) is 18.9 Å². The fourth-order valence-electron chi connectivity index (χ4n) is 2.49. The van der Waals surface area contributed by atoms with Crippen LogP contribution in [0.15, 0.2) is 52.7 Å². The molecule has 0 fully saturated rings. The van der Waals surface area contributed by atoms with Crippen LogP contribution >= 0.6 is 23.4 Å². The minimum absolute atomic E-state index is 0.0603. The van der Waals surface area contributed by atoms with Crippen molar-refractivity contribution < 1.29 is 18.0 Å². The van der Waals surface area contributed by atoms with E-state index in [-0.39, 0.29) is 27.9 Å². The Morgan fingerprint density at radius 3 is 2.74 bits per heavy atom. The second-order valence-corrected chi connectivity index (χ2v) is 7.35. The van der Waals surface area contributed by atoms with Gasteiger partial charge in [-0.15, -0.1) is 0 Å². The third-order valence-electron chi connectivity index (χ3n) is 3.84. The van der Waals surface area contributed by atoms with Crippen molar-refractivity contribution in [2.75, 3.05) is 11.1 Å². The Balaban J connectivity index is 1.76. The maximum Gasteiger partial charge on any atom is 0.417 e. The number of aromatic amines is 1. The lowest BCUT2D eigenvalue weighted by atomic mass is 10.1. The van der Waals surface area contributed by atoms with E-state index in [4.69, 9.17) is 11.6 Å². The van der Waals surface area contributed by atoms with Crippen molar-refractivity contribution >= 4 is 35.0 Å². The molecule has 1 aromatic carbocycles. The first-order chi connectivity index (χ1) is 14.7. The predicted molar refractivity (Wildman–Crippen MR) is 109 cm³/mol. The van der Waals surface area contributed by atoms with Gasteiger partial charge in [0.15, 0.2) is 5.16 Å². The lowest BCUT2D eigenvalue weighted by molar-refractivity contribution is -0.137. The van der Waals surface area contributed by atoms with Crippen LogP contribution in [0.3, 0.4) is 0 Å². The number of rotatable bonds is 5. The topological polar surface area (TPSA) is 112 Å². The zero-order chi connectivity index (χ0) is 22.6. The van der Waals surface area contributed by atoms with Crippen molar-refractivity contribution in [1.29, 1.82) is 5.26 Å². The molecule has 1 amide bonds. The molecule has 0 saturated carbocycles. The molecule has 2 heterocycles. The lowest BCUT2D eigenvalue weighted by Crippen LogP contribution is -2.18. The molecule has 0 bridgehead atoms. The van der Waals surface area contributed by atoms with Crippen LogP contribution in [0.1, 0.15) is 11.1 Å². The van der Waals surface area contributed by atoms with Crippen molar-refractivity contribution in [2.45, 2.75) is 11.3 Å². The van der Waals surface area contributed by atoms with E-state index in [0.717, 1.165) is 23.9 Å². The van der Waals surface area contributed by atoms with Crippen LogP contribution in [0.5, 0.6) is 0 Å². The average molecular weight is 466 g/mol. The standard InChI is InChI=1S/C19H11ClF3N5O2S/c20-14-4-3-11(6-13(14)19(21,22)23)26-15(29)9-31-18-27-16(10-2-1-5-25-8-10)12(7-24)17(30)28-18/h1-6,8H,9H2,(H,26,29)(H,27,28,30). The van der Waals surface area contributed by atoms with E-state index in [2.05, 4.69) is 20.3 Å². The van der Waals surface area contributed by atoms with E-state index < -0.39 is 28.2 Å². The summed E-state index contributed by atoms with van der Waals surface area (Å²) in [7, 11) is 0. The maximum absolute atomic E-state index is 12.9. The number of thioether (sulfide) groups is 1. The number of halogens is 4. The third kappa shape index (κ3) is 5.42. The number of carbonyl (C=O) groups is 1. The molecule has 0 aliphatic rings. The van der Waals surface area contributed by atoms with Crippen molar-refractivity contribution in [3.63, 3.8) is 0 Å². The van der Waals surface area contributed by atoms with Crippen molar-refractivity contribution in [1.82, 2.24) is 15.0 Å². The molecule has 0 unspecified atom stereocenters. The number of alkyl halides is 3. The SMILES string of the molecule is N#Cc1c(-c2cccnc2)nc(SCC(=O)Nc2ccc(Cl)c(C(F)(F)F)c2)[nH]c1=O. The van der Waals surface area contributed by atoms with Crippen LogP contribution in [-0.2, 0) is 11.0 Å². The number of aromatic nitrogens is 3. The molecule has 0 aliphatic heterocycles. The highest BCUT2D eigenvalue weighted by Crippen LogP contribution is 2.36. The van der Waals surface area contributed by atoms with Crippen LogP contribution in [0.25, 0.3) is 11.3 Å². The third-order valence-corrected chi connectivity index (χ3v) is 5.04. The molecule has 12 heteroatoms. The van der Waals surface area contributed by atoms with Crippen molar-refractivity contribution in [3.8, 4) is 17.3 Å². The van der Waals surface area contributed by atoms with Crippen LogP contribution in [0, 0.1) is 11.3 Å². The molecule has 3 aromatic rings.